The van der Waals surface area contributed by atoms with E-state index in [0.29, 0.717) is 42.1 Å². The fraction of sp³-hybridized carbons (Fsp3) is 0.407. The van der Waals surface area contributed by atoms with Gasteiger partial charge in [-0.25, -0.2) is 4.98 Å². The molecule has 0 atom stereocenters. The van der Waals surface area contributed by atoms with Crippen molar-refractivity contribution >= 4 is 35.2 Å². The first-order valence-corrected chi connectivity index (χ1v) is 13.2. The van der Waals surface area contributed by atoms with Crippen molar-refractivity contribution in [1.82, 2.24) is 29.7 Å². The number of hydrogen-bond acceptors (Lipinski definition) is 9. The van der Waals surface area contributed by atoms with Gasteiger partial charge in [0.2, 0.25) is 17.8 Å². The number of piperazine rings is 1. The molecular weight excluding hydrogens is 482 g/mol. The molecule has 2 aliphatic rings. The summed E-state index contributed by atoms with van der Waals surface area (Å²) in [6.07, 6.45) is 4.45. The van der Waals surface area contributed by atoms with Crippen LogP contribution in [0.25, 0.3) is 0 Å². The minimum Gasteiger partial charge on any atom is -0.342 e. The van der Waals surface area contributed by atoms with E-state index in [4.69, 9.17) is 0 Å². The lowest BCUT2D eigenvalue weighted by Crippen LogP contribution is -2.50. The van der Waals surface area contributed by atoms with Crippen LogP contribution >= 0.6 is 0 Å². The minimum absolute atomic E-state index is 0.225. The number of carbonyl (C=O) groups excluding carboxylic acids is 2. The quantitative estimate of drug-likeness (QED) is 0.466. The van der Waals surface area contributed by atoms with Crippen molar-refractivity contribution < 1.29 is 9.59 Å². The molecule has 2 aromatic heterocycles. The summed E-state index contributed by atoms with van der Waals surface area (Å²) in [4.78, 5) is 49.7. The number of para-hydroxylation sites is 1. The Morgan fingerprint density at radius 3 is 2.42 bits per heavy atom. The van der Waals surface area contributed by atoms with E-state index in [2.05, 4.69) is 40.4 Å². The van der Waals surface area contributed by atoms with Gasteiger partial charge in [0, 0.05) is 63.1 Å². The normalized spacial score (nSPS) is 15.9. The number of nitrogens with zero attached hydrogens (tertiary/aromatic N) is 7. The molecule has 5 rings (SSSR count). The Labute approximate surface area is 222 Å². The highest BCUT2D eigenvalue weighted by Gasteiger charge is 2.25. The van der Waals surface area contributed by atoms with Gasteiger partial charge in [-0.3, -0.25) is 14.5 Å². The predicted octanol–water partition coefficient (Wildman–Crippen LogP) is 2.57. The summed E-state index contributed by atoms with van der Waals surface area (Å²) in [5, 5.41) is 6.02. The largest absolute Gasteiger partial charge is 0.342 e. The van der Waals surface area contributed by atoms with Gasteiger partial charge >= 0.3 is 0 Å². The first-order chi connectivity index (χ1) is 18.6. The predicted molar refractivity (Wildman–Crippen MR) is 146 cm³/mol. The van der Waals surface area contributed by atoms with E-state index in [1.165, 1.54) is 0 Å². The van der Waals surface area contributed by atoms with Gasteiger partial charge in [0.15, 0.2) is 0 Å². The molecule has 2 aliphatic heterocycles. The summed E-state index contributed by atoms with van der Waals surface area (Å²) in [5.41, 5.74) is 1.19. The van der Waals surface area contributed by atoms with Crippen LogP contribution in [0.15, 0.2) is 48.7 Å². The van der Waals surface area contributed by atoms with Crippen molar-refractivity contribution in [3.63, 3.8) is 0 Å². The molecule has 2 fully saturated rings. The molecule has 11 heteroatoms. The van der Waals surface area contributed by atoms with Crippen LogP contribution in [0.4, 0.5) is 23.4 Å². The van der Waals surface area contributed by atoms with Gasteiger partial charge < -0.3 is 20.4 Å². The van der Waals surface area contributed by atoms with Gasteiger partial charge in [0.25, 0.3) is 5.91 Å². The smallest absolute Gasteiger partial charge is 0.255 e. The van der Waals surface area contributed by atoms with Crippen molar-refractivity contribution in [2.45, 2.75) is 26.2 Å². The number of anilines is 4. The standard InChI is InChI=1S/C27H33N9O2/c1-2-22-30-26(31-23-18-20(10-11-28-23)25(38)29-21-8-4-3-5-9-21)33-27(32-22)36-16-14-34(15-17-36)19-24(37)35-12-6-7-13-35/h3-5,8-11,18H,2,6-7,12-17,19H2,1H3,(H,29,38)(H,28,30,31,32,33). The van der Waals surface area contributed by atoms with Crippen molar-refractivity contribution in [1.29, 1.82) is 0 Å². The van der Waals surface area contributed by atoms with Crippen LogP contribution in [-0.4, -0.2) is 87.4 Å². The van der Waals surface area contributed by atoms with Crippen molar-refractivity contribution in [3.8, 4) is 0 Å². The lowest BCUT2D eigenvalue weighted by Gasteiger charge is -2.35. The topological polar surface area (TPSA) is 119 Å². The van der Waals surface area contributed by atoms with Crippen molar-refractivity contribution in [2.75, 3.05) is 61.3 Å². The second-order valence-corrected chi connectivity index (χ2v) is 9.45. The van der Waals surface area contributed by atoms with E-state index in [1.54, 1.807) is 18.3 Å². The van der Waals surface area contributed by atoms with Crippen LogP contribution in [0, 0.1) is 0 Å². The highest BCUT2D eigenvalue weighted by Crippen LogP contribution is 2.18. The lowest BCUT2D eigenvalue weighted by atomic mass is 10.2. The Morgan fingerprint density at radius 2 is 1.68 bits per heavy atom. The van der Waals surface area contributed by atoms with E-state index in [-0.39, 0.29) is 11.8 Å². The molecule has 11 nitrogen and oxygen atoms in total. The highest BCUT2D eigenvalue weighted by atomic mass is 16.2. The first-order valence-electron chi connectivity index (χ1n) is 13.2. The molecule has 2 N–H and O–H groups in total. The number of likely N-dealkylation sites (tertiary alicyclic amines) is 1. The fourth-order valence-corrected chi connectivity index (χ4v) is 4.61. The zero-order valence-electron chi connectivity index (χ0n) is 21.6. The third kappa shape index (κ3) is 6.41. The van der Waals surface area contributed by atoms with Crippen LogP contribution in [0.3, 0.4) is 0 Å². The zero-order chi connectivity index (χ0) is 26.3. The molecule has 0 saturated carbocycles. The molecule has 3 aromatic rings. The number of aromatic nitrogens is 4. The molecule has 2 amide bonds. The first kappa shape index (κ1) is 25.5. The van der Waals surface area contributed by atoms with Gasteiger partial charge in [0.1, 0.15) is 11.6 Å². The summed E-state index contributed by atoms with van der Waals surface area (Å²) in [6.45, 7) is 7.24. The number of nitrogens with one attached hydrogen (secondary N) is 2. The van der Waals surface area contributed by atoms with Crippen LogP contribution < -0.4 is 15.5 Å². The summed E-state index contributed by atoms with van der Waals surface area (Å²) in [5.74, 6) is 2.11. The summed E-state index contributed by atoms with van der Waals surface area (Å²) in [7, 11) is 0. The average Bonchev–Trinajstić information content (AvgIpc) is 3.49. The van der Waals surface area contributed by atoms with Gasteiger partial charge in [-0.2, -0.15) is 15.0 Å². The molecule has 0 spiro atoms. The maximum atomic E-state index is 12.7. The molecule has 0 unspecified atom stereocenters. The number of rotatable bonds is 8. The molecule has 1 aromatic carbocycles. The third-order valence-corrected chi connectivity index (χ3v) is 6.75. The Bertz CT molecular complexity index is 1260. The highest BCUT2D eigenvalue weighted by molar-refractivity contribution is 6.04. The van der Waals surface area contributed by atoms with Gasteiger partial charge in [0.05, 0.1) is 6.54 Å². The number of carbonyl (C=O) groups is 2. The molecule has 198 valence electrons. The molecule has 2 saturated heterocycles. The molecule has 0 bridgehead atoms. The number of hydrogen-bond donors (Lipinski definition) is 2. The maximum absolute atomic E-state index is 12.7. The average molecular weight is 516 g/mol. The van der Waals surface area contributed by atoms with Crippen molar-refractivity contribution in [3.05, 3.63) is 60.0 Å². The van der Waals surface area contributed by atoms with Crippen LogP contribution in [0.5, 0.6) is 0 Å². The van der Waals surface area contributed by atoms with E-state index >= 15 is 0 Å². The summed E-state index contributed by atoms with van der Waals surface area (Å²) in [6, 6.07) is 12.6. The maximum Gasteiger partial charge on any atom is 0.255 e. The Hall–Kier alpha value is -4.12. The number of aryl methyl sites for hydroxylation is 1. The van der Waals surface area contributed by atoms with E-state index in [9.17, 15) is 9.59 Å². The molecular formula is C27H33N9O2. The zero-order valence-corrected chi connectivity index (χ0v) is 21.6. The molecule has 38 heavy (non-hydrogen) atoms. The fourth-order valence-electron chi connectivity index (χ4n) is 4.61. The monoisotopic (exact) mass is 515 g/mol. The Kier molecular flexibility index (Phi) is 8.03. The van der Waals surface area contributed by atoms with E-state index < -0.39 is 0 Å². The second-order valence-electron chi connectivity index (χ2n) is 9.45. The third-order valence-electron chi connectivity index (χ3n) is 6.75. The molecule has 4 heterocycles. The van der Waals surface area contributed by atoms with Crippen LogP contribution in [-0.2, 0) is 11.2 Å². The molecule has 0 radical (unpaired) electrons. The summed E-state index contributed by atoms with van der Waals surface area (Å²) >= 11 is 0. The van der Waals surface area contributed by atoms with Crippen molar-refractivity contribution in [2.24, 2.45) is 0 Å². The minimum atomic E-state index is -0.228. The Balaban J connectivity index is 1.23. The van der Waals surface area contributed by atoms with E-state index in [1.807, 2.05) is 42.2 Å². The van der Waals surface area contributed by atoms with Gasteiger partial charge in [-0.1, -0.05) is 25.1 Å². The van der Waals surface area contributed by atoms with E-state index in [0.717, 1.165) is 57.8 Å². The van der Waals surface area contributed by atoms with Crippen LogP contribution in [0.2, 0.25) is 0 Å². The number of amides is 2. The second kappa shape index (κ2) is 12.0. The van der Waals surface area contributed by atoms with Crippen LogP contribution in [0.1, 0.15) is 35.9 Å². The number of benzene rings is 1. The summed E-state index contributed by atoms with van der Waals surface area (Å²) < 4.78 is 0. The Morgan fingerprint density at radius 1 is 0.921 bits per heavy atom. The van der Waals surface area contributed by atoms with Gasteiger partial charge in [-0.15, -0.1) is 0 Å². The SMILES string of the molecule is CCc1nc(Nc2cc(C(=O)Nc3ccccc3)ccn2)nc(N2CCN(CC(=O)N3CCCC3)CC2)n1. The van der Waals surface area contributed by atoms with Gasteiger partial charge in [-0.05, 0) is 37.1 Å². The number of pyridine rings is 1. The lowest BCUT2D eigenvalue weighted by molar-refractivity contribution is -0.131. The molecule has 0 aliphatic carbocycles.